The molecule has 2 amide bonds. The van der Waals surface area contributed by atoms with Crippen LogP contribution in [0.15, 0.2) is 23.6 Å². The van der Waals surface area contributed by atoms with E-state index in [-0.39, 0.29) is 23.5 Å². The fourth-order valence-electron chi connectivity index (χ4n) is 2.07. The number of nitrogens with zero attached hydrogens (tertiary/aromatic N) is 1. The van der Waals surface area contributed by atoms with Crippen LogP contribution in [0.4, 0.5) is 22.0 Å². The lowest BCUT2D eigenvalue weighted by Crippen LogP contribution is -2.36. The molecule has 0 atom stereocenters. The van der Waals surface area contributed by atoms with Crippen LogP contribution in [0.3, 0.4) is 0 Å². The van der Waals surface area contributed by atoms with E-state index in [9.17, 15) is 31.5 Å². The minimum absolute atomic E-state index is 0.0591. The summed E-state index contributed by atoms with van der Waals surface area (Å²) in [5, 5.41) is 3.62. The zero-order valence-corrected chi connectivity index (χ0v) is 14.2. The van der Waals surface area contributed by atoms with Gasteiger partial charge in [0.2, 0.25) is 0 Å². The predicted octanol–water partition coefficient (Wildman–Crippen LogP) is 3.61. The zero-order valence-electron chi connectivity index (χ0n) is 13.4. The van der Waals surface area contributed by atoms with Crippen molar-refractivity contribution in [2.75, 3.05) is 20.1 Å². The molecule has 10 heteroatoms. The van der Waals surface area contributed by atoms with Gasteiger partial charge in [0.1, 0.15) is 4.88 Å². The van der Waals surface area contributed by atoms with Crippen molar-refractivity contribution < 1.29 is 31.5 Å². The highest BCUT2D eigenvalue weighted by atomic mass is 32.1. The molecular weight excluding hydrogens is 379 g/mol. The van der Waals surface area contributed by atoms with Gasteiger partial charge in [0.05, 0.1) is 5.56 Å². The number of halogens is 5. The summed E-state index contributed by atoms with van der Waals surface area (Å²) in [4.78, 5) is 25.0. The van der Waals surface area contributed by atoms with Crippen LogP contribution in [0.1, 0.15) is 32.0 Å². The number of hydrogen-bond acceptors (Lipinski definition) is 3. The minimum atomic E-state index is -2.79. The van der Waals surface area contributed by atoms with E-state index in [0.29, 0.717) is 6.07 Å². The third-order valence-electron chi connectivity index (χ3n) is 3.48. The second-order valence-corrected chi connectivity index (χ2v) is 6.13. The summed E-state index contributed by atoms with van der Waals surface area (Å²) < 4.78 is 65.1. The molecule has 0 aliphatic heterocycles. The maximum absolute atomic E-state index is 13.5. The number of alkyl halides is 2. The van der Waals surface area contributed by atoms with E-state index in [1.165, 1.54) is 12.4 Å². The first-order valence-corrected chi connectivity index (χ1v) is 8.14. The molecule has 0 bridgehead atoms. The lowest BCUT2D eigenvalue weighted by Gasteiger charge is -2.17. The Morgan fingerprint density at radius 2 is 1.85 bits per heavy atom. The number of carbonyl (C=O) groups excluding carboxylic acids is 2. The first-order chi connectivity index (χ1) is 12.2. The number of thiophene rings is 1. The number of carbonyl (C=O) groups is 2. The van der Waals surface area contributed by atoms with Gasteiger partial charge >= 0.3 is 0 Å². The average Bonchev–Trinajstić information content (AvgIpc) is 3.08. The van der Waals surface area contributed by atoms with Gasteiger partial charge in [0.15, 0.2) is 17.5 Å². The van der Waals surface area contributed by atoms with Crippen molar-refractivity contribution in [2.24, 2.45) is 0 Å². The normalized spacial score (nSPS) is 10.9. The fraction of sp³-hybridized carbons (Fsp3) is 0.250. The maximum Gasteiger partial charge on any atom is 0.265 e. The molecule has 0 radical (unpaired) electrons. The topological polar surface area (TPSA) is 49.4 Å². The Labute approximate surface area is 149 Å². The van der Waals surface area contributed by atoms with E-state index in [2.05, 4.69) is 5.32 Å². The molecule has 0 saturated carbocycles. The maximum atomic E-state index is 13.5. The van der Waals surface area contributed by atoms with E-state index in [1.807, 2.05) is 0 Å². The van der Waals surface area contributed by atoms with E-state index in [0.717, 1.165) is 28.4 Å². The molecule has 1 heterocycles. The summed E-state index contributed by atoms with van der Waals surface area (Å²) >= 11 is 0.871. The molecule has 2 rings (SSSR count). The molecule has 0 aliphatic carbocycles. The summed E-state index contributed by atoms with van der Waals surface area (Å²) in [6.45, 7) is -0.203. The van der Waals surface area contributed by atoms with Crippen molar-refractivity contribution in [3.8, 4) is 0 Å². The Kier molecular flexibility index (Phi) is 6.30. The number of nitrogens with one attached hydrogen (secondary N) is 1. The number of hydrogen-bond donors (Lipinski definition) is 1. The van der Waals surface area contributed by atoms with E-state index < -0.39 is 41.3 Å². The summed E-state index contributed by atoms with van der Waals surface area (Å²) in [5.41, 5.74) is -1.06. The lowest BCUT2D eigenvalue weighted by atomic mass is 10.2. The molecule has 1 aromatic carbocycles. The summed E-state index contributed by atoms with van der Waals surface area (Å²) in [6.07, 6.45) is -2.79. The fourth-order valence-corrected chi connectivity index (χ4v) is 2.97. The third-order valence-corrected chi connectivity index (χ3v) is 4.40. The van der Waals surface area contributed by atoms with E-state index in [4.69, 9.17) is 0 Å². The molecule has 140 valence electrons. The van der Waals surface area contributed by atoms with Gasteiger partial charge in [-0.2, -0.15) is 0 Å². The van der Waals surface area contributed by atoms with Gasteiger partial charge in [-0.05, 0) is 23.6 Å². The van der Waals surface area contributed by atoms with Crippen LogP contribution in [0.2, 0.25) is 0 Å². The Morgan fingerprint density at radius 1 is 1.15 bits per heavy atom. The molecular formula is C16H13F5N2O2S. The van der Waals surface area contributed by atoms with Crippen LogP contribution in [0.25, 0.3) is 0 Å². The number of benzene rings is 1. The first kappa shape index (κ1) is 19.8. The Hall–Kier alpha value is -2.49. The Morgan fingerprint density at radius 3 is 2.50 bits per heavy atom. The van der Waals surface area contributed by atoms with Crippen LogP contribution in [-0.2, 0) is 0 Å². The molecule has 0 aliphatic rings. The zero-order chi connectivity index (χ0) is 19.4. The smallest absolute Gasteiger partial charge is 0.265 e. The first-order valence-electron chi connectivity index (χ1n) is 7.26. The van der Waals surface area contributed by atoms with Crippen molar-refractivity contribution in [3.05, 3.63) is 57.0 Å². The lowest BCUT2D eigenvalue weighted by molar-refractivity contribution is 0.0781. The molecule has 0 fully saturated rings. The third kappa shape index (κ3) is 4.18. The van der Waals surface area contributed by atoms with Crippen molar-refractivity contribution in [3.63, 3.8) is 0 Å². The number of rotatable bonds is 6. The SMILES string of the molecule is CN(CCNC(=O)c1ccc(F)c(F)c1F)C(=O)c1sccc1C(F)F. The standard InChI is InChI=1S/C16H13F5N2O2S/c1-23(16(25)13-9(14(20)21)4-7-26-13)6-5-22-15(24)8-2-3-10(17)12(19)11(8)18/h2-4,7,14H,5-6H2,1H3,(H,22,24). The molecule has 0 spiro atoms. The largest absolute Gasteiger partial charge is 0.350 e. The second kappa shape index (κ2) is 8.26. The van der Waals surface area contributed by atoms with Crippen molar-refractivity contribution in [2.45, 2.75) is 6.43 Å². The molecule has 26 heavy (non-hydrogen) atoms. The van der Waals surface area contributed by atoms with Crippen molar-refractivity contribution in [1.82, 2.24) is 10.2 Å². The van der Waals surface area contributed by atoms with Crippen LogP contribution >= 0.6 is 11.3 Å². The molecule has 0 saturated heterocycles. The highest BCUT2D eigenvalue weighted by Crippen LogP contribution is 2.28. The van der Waals surface area contributed by atoms with E-state index >= 15 is 0 Å². The number of amides is 2. The van der Waals surface area contributed by atoms with Gasteiger partial charge in [0, 0.05) is 25.7 Å². The average molecular weight is 392 g/mol. The van der Waals surface area contributed by atoms with Crippen molar-refractivity contribution in [1.29, 1.82) is 0 Å². The Balaban J connectivity index is 1.95. The molecule has 4 nitrogen and oxygen atoms in total. The van der Waals surface area contributed by atoms with E-state index in [1.54, 1.807) is 0 Å². The van der Waals surface area contributed by atoms with Gasteiger partial charge in [-0.15, -0.1) is 11.3 Å². The van der Waals surface area contributed by atoms with Gasteiger partial charge in [-0.3, -0.25) is 9.59 Å². The van der Waals surface area contributed by atoms with Crippen LogP contribution in [0, 0.1) is 17.5 Å². The Bertz CT molecular complexity index is 825. The highest BCUT2D eigenvalue weighted by molar-refractivity contribution is 7.12. The highest BCUT2D eigenvalue weighted by Gasteiger charge is 2.23. The van der Waals surface area contributed by atoms with Crippen LogP contribution in [-0.4, -0.2) is 36.9 Å². The van der Waals surface area contributed by atoms with Crippen molar-refractivity contribution >= 4 is 23.2 Å². The summed E-state index contributed by atoms with van der Waals surface area (Å²) in [5.74, 6) is -6.44. The van der Waals surface area contributed by atoms with Gasteiger partial charge in [-0.1, -0.05) is 0 Å². The minimum Gasteiger partial charge on any atom is -0.350 e. The predicted molar refractivity (Wildman–Crippen MR) is 84.9 cm³/mol. The summed E-state index contributed by atoms with van der Waals surface area (Å²) in [6, 6.07) is 2.56. The van der Waals surface area contributed by atoms with Crippen LogP contribution in [0.5, 0.6) is 0 Å². The molecule has 2 aromatic rings. The van der Waals surface area contributed by atoms with Gasteiger partial charge < -0.3 is 10.2 Å². The molecule has 1 aromatic heterocycles. The quantitative estimate of drug-likeness (QED) is 0.603. The van der Waals surface area contributed by atoms with Gasteiger partial charge in [-0.25, -0.2) is 22.0 Å². The van der Waals surface area contributed by atoms with Crippen LogP contribution < -0.4 is 5.32 Å². The van der Waals surface area contributed by atoms with Gasteiger partial charge in [0.25, 0.3) is 18.2 Å². The summed E-state index contributed by atoms with van der Waals surface area (Å²) in [7, 11) is 1.35. The second-order valence-electron chi connectivity index (χ2n) is 5.21. The molecule has 0 unspecified atom stereocenters. The number of likely N-dealkylation sites (N-methyl/N-ethyl adjacent to an activating group) is 1. The monoisotopic (exact) mass is 392 g/mol. The molecule has 1 N–H and O–H groups in total.